The Bertz CT molecular complexity index is 1050. The summed E-state index contributed by atoms with van der Waals surface area (Å²) in [6.45, 7) is -1.21. The van der Waals surface area contributed by atoms with Crippen molar-refractivity contribution in [2.24, 2.45) is 11.8 Å². The van der Waals surface area contributed by atoms with Crippen molar-refractivity contribution in [3.63, 3.8) is 0 Å². The molecule has 3 N–H and O–H groups in total. The first-order valence-corrected chi connectivity index (χ1v) is 15.1. The number of Topliss-reactive ketones (excluding diaryl/α,β-unsaturated/α-hetero) is 1. The molecule has 0 bridgehead atoms. The van der Waals surface area contributed by atoms with Crippen LogP contribution in [0.2, 0.25) is 0 Å². The summed E-state index contributed by atoms with van der Waals surface area (Å²) in [6, 6.07) is 2.93. The number of ether oxygens (including phenoxy) is 1. The van der Waals surface area contributed by atoms with Gasteiger partial charge in [0.05, 0.1) is 12.1 Å². The second-order valence-corrected chi connectivity index (χ2v) is 12.1. The molecule has 12 heteroatoms. The first-order valence-electron chi connectivity index (χ1n) is 13.9. The predicted octanol–water partition coefficient (Wildman–Crippen LogP) is 4.69. The molecule has 40 heavy (non-hydrogen) atoms. The quantitative estimate of drug-likeness (QED) is 0.139. The van der Waals surface area contributed by atoms with Crippen molar-refractivity contribution in [2.75, 3.05) is 12.8 Å². The van der Waals surface area contributed by atoms with Crippen LogP contribution in [-0.4, -0.2) is 60.6 Å². The first kappa shape index (κ1) is 30.6. The highest BCUT2D eigenvalue weighted by atomic mass is 32.2. The Morgan fingerprint density at radius 3 is 2.20 bits per heavy atom. The molecule has 2 atom stereocenters. The summed E-state index contributed by atoms with van der Waals surface area (Å²) in [5.41, 5.74) is 0. The van der Waals surface area contributed by atoms with Gasteiger partial charge in [-0.1, -0.05) is 19.3 Å². The van der Waals surface area contributed by atoms with Gasteiger partial charge in [0.1, 0.15) is 12.3 Å². The minimum absolute atomic E-state index is 0.0776. The summed E-state index contributed by atoms with van der Waals surface area (Å²) in [5, 5.41) is 7.31. The van der Waals surface area contributed by atoms with E-state index in [-0.39, 0.29) is 30.0 Å². The van der Waals surface area contributed by atoms with Gasteiger partial charge in [0, 0.05) is 23.8 Å². The molecule has 0 heterocycles. The molecule has 4 rings (SSSR count). The molecule has 7 nitrogen and oxygen atoms in total. The molecule has 0 aromatic heterocycles. The number of thioether (sulfide) groups is 1. The van der Waals surface area contributed by atoms with E-state index in [0.29, 0.717) is 12.8 Å². The lowest BCUT2D eigenvalue weighted by Crippen LogP contribution is -2.56. The normalized spacial score (nSPS) is 19.3. The van der Waals surface area contributed by atoms with Crippen LogP contribution in [-0.2, 0) is 14.4 Å². The first-order chi connectivity index (χ1) is 18.9. The van der Waals surface area contributed by atoms with E-state index in [4.69, 9.17) is 4.74 Å². The Balaban J connectivity index is 1.43. The van der Waals surface area contributed by atoms with Crippen molar-refractivity contribution in [1.82, 2.24) is 16.0 Å². The van der Waals surface area contributed by atoms with Crippen molar-refractivity contribution < 1.29 is 36.7 Å². The standard InChI is InChI=1S/C28H37F4N3O4S/c1-40-21-11-9-20(10-12-21)39-28(31,32)16-33-23(15-27(29,30)14-18-5-6-18)25(37)35-22(13-17-3-2-4-17)24(36)26(38)34-19-7-8-19/h9-12,17-19,22-23,33H,2-8,13-16H2,1H3,(H,34,38)(H,35,37)/t22-,23-/m0/s1. The van der Waals surface area contributed by atoms with Crippen LogP contribution in [0.5, 0.6) is 5.75 Å². The van der Waals surface area contributed by atoms with E-state index in [1.165, 1.54) is 23.9 Å². The average Bonchev–Trinajstić information content (AvgIpc) is 3.80. The molecule has 0 spiro atoms. The molecule has 222 valence electrons. The van der Waals surface area contributed by atoms with Crippen LogP contribution in [0.25, 0.3) is 0 Å². The zero-order valence-corrected chi connectivity index (χ0v) is 23.3. The highest BCUT2D eigenvalue weighted by Crippen LogP contribution is 2.41. The second-order valence-electron chi connectivity index (χ2n) is 11.3. The number of ketones is 1. The Kier molecular flexibility index (Phi) is 10.0. The maximum Gasteiger partial charge on any atom is 0.410 e. The van der Waals surface area contributed by atoms with Gasteiger partial charge in [-0.15, -0.1) is 11.8 Å². The van der Waals surface area contributed by atoms with E-state index in [0.717, 1.165) is 37.0 Å². The number of carbonyl (C=O) groups is 3. The van der Waals surface area contributed by atoms with Gasteiger partial charge in [0.15, 0.2) is 0 Å². The fourth-order valence-corrected chi connectivity index (χ4v) is 5.09. The monoisotopic (exact) mass is 587 g/mol. The molecule has 1 aromatic rings. The number of hydrogen-bond acceptors (Lipinski definition) is 6. The summed E-state index contributed by atoms with van der Waals surface area (Å²) in [6.07, 6.45) is 2.22. The highest BCUT2D eigenvalue weighted by Gasteiger charge is 2.43. The van der Waals surface area contributed by atoms with Gasteiger partial charge < -0.3 is 15.4 Å². The Morgan fingerprint density at radius 2 is 1.65 bits per heavy atom. The van der Waals surface area contributed by atoms with E-state index >= 15 is 0 Å². The van der Waals surface area contributed by atoms with Crippen molar-refractivity contribution in [3.05, 3.63) is 24.3 Å². The molecule has 3 saturated carbocycles. The smallest absolute Gasteiger partial charge is 0.410 e. The summed E-state index contributed by atoms with van der Waals surface area (Å²) < 4.78 is 63.9. The van der Waals surface area contributed by atoms with Gasteiger partial charge in [0.2, 0.25) is 17.6 Å². The van der Waals surface area contributed by atoms with Crippen molar-refractivity contribution in [3.8, 4) is 5.75 Å². The third-order valence-corrected chi connectivity index (χ3v) is 8.29. The fraction of sp³-hybridized carbons (Fsp3) is 0.679. The lowest BCUT2D eigenvalue weighted by Gasteiger charge is -2.31. The molecule has 3 fully saturated rings. The lowest BCUT2D eigenvalue weighted by molar-refractivity contribution is -0.174. The number of amides is 2. The Labute approximate surface area is 235 Å². The predicted molar refractivity (Wildman–Crippen MR) is 143 cm³/mol. The second kappa shape index (κ2) is 13.1. The molecule has 3 aliphatic carbocycles. The number of halogens is 4. The van der Waals surface area contributed by atoms with Crippen LogP contribution >= 0.6 is 11.8 Å². The van der Waals surface area contributed by atoms with Crippen molar-refractivity contribution >= 4 is 29.4 Å². The summed E-state index contributed by atoms with van der Waals surface area (Å²) in [4.78, 5) is 39.4. The van der Waals surface area contributed by atoms with Gasteiger partial charge in [0.25, 0.3) is 5.91 Å². The van der Waals surface area contributed by atoms with Gasteiger partial charge in [-0.25, -0.2) is 8.78 Å². The maximum atomic E-state index is 14.8. The zero-order chi connectivity index (χ0) is 28.9. The van der Waals surface area contributed by atoms with Crippen LogP contribution < -0.4 is 20.7 Å². The number of rotatable bonds is 17. The molecule has 1 aromatic carbocycles. The van der Waals surface area contributed by atoms with E-state index in [2.05, 4.69) is 16.0 Å². The van der Waals surface area contributed by atoms with Crippen LogP contribution in [0.15, 0.2) is 29.2 Å². The van der Waals surface area contributed by atoms with Crippen molar-refractivity contribution in [2.45, 2.75) is 99.3 Å². The zero-order valence-electron chi connectivity index (χ0n) is 22.5. The third-order valence-electron chi connectivity index (χ3n) is 7.55. The number of alkyl halides is 4. The molecule has 0 aliphatic heterocycles. The van der Waals surface area contributed by atoms with Crippen LogP contribution in [0.4, 0.5) is 17.6 Å². The average molecular weight is 588 g/mol. The largest absolute Gasteiger partial charge is 0.432 e. The van der Waals surface area contributed by atoms with Crippen LogP contribution in [0.1, 0.15) is 64.2 Å². The van der Waals surface area contributed by atoms with Crippen LogP contribution in [0.3, 0.4) is 0 Å². The third kappa shape index (κ3) is 9.64. The van der Waals surface area contributed by atoms with Gasteiger partial charge in [-0.05, 0) is 74.5 Å². The summed E-state index contributed by atoms with van der Waals surface area (Å²) >= 11 is 1.43. The summed E-state index contributed by atoms with van der Waals surface area (Å²) in [5.74, 6) is -6.14. The lowest BCUT2D eigenvalue weighted by atomic mass is 9.80. The topological polar surface area (TPSA) is 96.5 Å². The highest BCUT2D eigenvalue weighted by molar-refractivity contribution is 7.98. The molecule has 2 amide bonds. The summed E-state index contributed by atoms with van der Waals surface area (Å²) in [7, 11) is 0. The van der Waals surface area contributed by atoms with Gasteiger partial charge in [-0.2, -0.15) is 8.78 Å². The molecular formula is C28H37F4N3O4S. The van der Waals surface area contributed by atoms with E-state index in [1.54, 1.807) is 12.1 Å². The van der Waals surface area contributed by atoms with Gasteiger partial charge >= 0.3 is 6.11 Å². The Morgan fingerprint density at radius 1 is 0.975 bits per heavy atom. The molecule has 0 radical (unpaired) electrons. The number of carbonyl (C=O) groups excluding carboxylic acids is 3. The van der Waals surface area contributed by atoms with E-state index < -0.39 is 61.1 Å². The molecule has 0 saturated heterocycles. The Hall–Kier alpha value is -2.34. The molecule has 0 unspecified atom stereocenters. The van der Waals surface area contributed by atoms with Gasteiger partial charge in [-0.3, -0.25) is 19.7 Å². The number of nitrogens with one attached hydrogen (secondary N) is 3. The maximum absolute atomic E-state index is 14.8. The fourth-order valence-electron chi connectivity index (χ4n) is 4.69. The number of benzene rings is 1. The van der Waals surface area contributed by atoms with Crippen LogP contribution in [0, 0.1) is 11.8 Å². The van der Waals surface area contributed by atoms with E-state index in [9.17, 15) is 31.9 Å². The molecule has 3 aliphatic rings. The van der Waals surface area contributed by atoms with E-state index in [1.807, 2.05) is 6.26 Å². The SMILES string of the molecule is CSc1ccc(OC(F)(F)CN[C@@H](CC(F)(F)CC2CC2)C(=O)N[C@@H](CC2CCC2)C(=O)C(=O)NC2CC2)cc1. The minimum Gasteiger partial charge on any atom is -0.432 e. The number of hydrogen-bond donors (Lipinski definition) is 3. The minimum atomic E-state index is -3.81. The van der Waals surface area contributed by atoms with Crippen molar-refractivity contribution in [1.29, 1.82) is 0 Å². The molecular weight excluding hydrogens is 550 g/mol.